The summed E-state index contributed by atoms with van der Waals surface area (Å²) in [4.78, 5) is 5.18. The molecular formula is C10H10BrN3S. The van der Waals surface area contributed by atoms with Crippen molar-refractivity contribution in [3.05, 3.63) is 34.7 Å². The van der Waals surface area contributed by atoms with Gasteiger partial charge in [0.15, 0.2) is 0 Å². The average Bonchev–Trinajstić information content (AvgIpc) is 2.49. The van der Waals surface area contributed by atoms with E-state index >= 15 is 0 Å². The van der Waals surface area contributed by atoms with Crippen LogP contribution in [0.1, 0.15) is 5.69 Å². The van der Waals surface area contributed by atoms with Crippen LogP contribution in [0, 0.1) is 6.92 Å². The van der Waals surface area contributed by atoms with Gasteiger partial charge in [-0.2, -0.15) is 5.10 Å². The molecule has 15 heavy (non-hydrogen) atoms. The van der Waals surface area contributed by atoms with E-state index in [9.17, 15) is 0 Å². The molecule has 3 nitrogen and oxygen atoms in total. The van der Waals surface area contributed by atoms with E-state index in [1.165, 1.54) is 0 Å². The van der Waals surface area contributed by atoms with Crippen LogP contribution in [0.3, 0.4) is 0 Å². The number of nitrogens with zero attached hydrogens (tertiary/aromatic N) is 3. The Morgan fingerprint density at radius 1 is 1.47 bits per heavy atom. The highest BCUT2D eigenvalue weighted by molar-refractivity contribution is 9.10. The third-order valence-electron chi connectivity index (χ3n) is 1.91. The number of hydrogen-bond acceptors (Lipinski definition) is 3. The second-order valence-electron chi connectivity index (χ2n) is 3.16. The van der Waals surface area contributed by atoms with Crippen LogP contribution < -0.4 is 0 Å². The van der Waals surface area contributed by atoms with Gasteiger partial charge in [0.2, 0.25) is 0 Å². The fraction of sp³-hybridized carbons (Fsp3) is 0.200. The van der Waals surface area contributed by atoms with Crippen LogP contribution in [-0.2, 0) is 7.05 Å². The molecule has 0 aliphatic rings. The van der Waals surface area contributed by atoms with E-state index in [0.717, 1.165) is 20.1 Å². The number of halogens is 1. The number of rotatable bonds is 2. The Balaban J connectivity index is 2.29. The van der Waals surface area contributed by atoms with Crippen molar-refractivity contribution in [3.8, 4) is 0 Å². The van der Waals surface area contributed by atoms with Gasteiger partial charge in [-0.3, -0.25) is 9.67 Å². The van der Waals surface area contributed by atoms with Gasteiger partial charge in [-0.1, -0.05) is 11.8 Å². The van der Waals surface area contributed by atoms with E-state index in [1.54, 1.807) is 24.2 Å². The van der Waals surface area contributed by atoms with Crippen molar-refractivity contribution >= 4 is 27.7 Å². The minimum Gasteiger partial charge on any atom is -0.263 e. The Labute approximate surface area is 101 Å². The highest BCUT2D eigenvalue weighted by Gasteiger charge is 2.06. The summed E-state index contributed by atoms with van der Waals surface area (Å²) < 4.78 is 2.89. The van der Waals surface area contributed by atoms with Crippen LogP contribution in [0.25, 0.3) is 0 Å². The summed E-state index contributed by atoms with van der Waals surface area (Å²) in [5.74, 6) is 0. The predicted molar refractivity (Wildman–Crippen MR) is 64.0 cm³/mol. The third-order valence-corrected chi connectivity index (χ3v) is 3.97. The molecule has 2 rings (SSSR count). The van der Waals surface area contributed by atoms with E-state index in [2.05, 4.69) is 32.1 Å². The zero-order valence-electron chi connectivity index (χ0n) is 8.44. The van der Waals surface area contributed by atoms with Gasteiger partial charge in [-0.05, 0) is 35.0 Å². The van der Waals surface area contributed by atoms with Crippen molar-refractivity contribution in [2.75, 3.05) is 0 Å². The second-order valence-corrected chi connectivity index (χ2v) is 5.07. The lowest BCUT2D eigenvalue weighted by Gasteiger charge is -2.02. The van der Waals surface area contributed by atoms with Crippen LogP contribution in [-0.4, -0.2) is 14.8 Å². The highest BCUT2D eigenvalue weighted by Crippen LogP contribution is 2.32. The summed E-state index contributed by atoms with van der Waals surface area (Å²) in [5.41, 5.74) is 1.03. The summed E-state index contributed by atoms with van der Waals surface area (Å²) >= 11 is 5.15. The first-order valence-corrected chi connectivity index (χ1v) is 6.06. The number of hydrogen-bond donors (Lipinski definition) is 0. The van der Waals surface area contributed by atoms with Crippen molar-refractivity contribution in [2.45, 2.75) is 16.8 Å². The zero-order chi connectivity index (χ0) is 10.8. The maximum absolute atomic E-state index is 4.30. The molecule has 0 spiro atoms. The van der Waals surface area contributed by atoms with Gasteiger partial charge in [0, 0.05) is 28.8 Å². The molecule has 0 aliphatic carbocycles. The molecular weight excluding hydrogens is 274 g/mol. The van der Waals surface area contributed by atoms with Gasteiger partial charge in [-0.25, -0.2) is 0 Å². The van der Waals surface area contributed by atoms with Crippen molar-refractivity contribution in [1.82, 2.24) is 14.8 Å². The molecule has 2 aromatic heterocycles. The topological polar surface area (TPSA) is 30.7 Å². The molecule has 0 N–H and O–H groups in total. The Hall–Kier alpha value is -0.810. The van der Waals surface area contributed by atoms with Crippen LogP contribution >= 0.6 is 27.7 Å². The zero-order valence-corrected chi connectivity index (χ0v) is 10.8. The van der Waals surface area contributed by atoms with Crippen LogP contribution in [0.2, 0.25) is 0 Å². The second kappa shape index (κ2) is 4.37. The van der Waals surface area contributed by atoms with Crippen molar-refractivity contribution in [1.29, 1.82) is 0 Å². The molecule has 0 fully saturated rings. The molecule has 78 valence electrons. The average molecular weight is 284 g/mol. The minimum atomic E-state index is 1.01. The Bertz CT molecular complexity index is 481. The van der Waals surface area contributed by atoms with E-state index in [0.29, 0.717) is 0 Å². The molecule has 5 heteroatoms. The maximum Gasteiger partial charge on any atom is 0.0987 e. The SMILES string of the molecule is Cc1cc(Sc2ccncc2Br)n(C)n1. The summed E-state index contributed by atoms with van der Waals surface area (Å²) in [6, 6.07) is 4.05. The van der Waals surface area contributed by atoms with Crippen molar-refractivity contribution in [2.24, 2.45) is 7.05 Å². The largest absolute Gasteiger partial charge is 0.263 e. The quantitative estimate of drug-likeness (QED) is 0.849. The van der Waals surface area contributed by atoms with Crippen LogP contribution in [0.4, 0.5) is 0 Å². The first-order chi connectivity index (χ1) is 7.16. The molecule has 0 amide bonds. The molecule has 0 atom stereocenters. The van der Waals surface area contributed by atoms with Gasteiger partial charge in [0.05, 0.1) is 10.7 Å². The number of aromatic nitrogens is 3. The summed E-state index contributed by atoms with van der Waals surface area (Å²) in [5, 5.41) is 5.43. The smallest absolute Gasteiger partial charge is 0.0987 e. The van der Waals surface area contributed by atoms with Gasteiger partial charge in [-0.15, -0.1) is 0 Å². The fourth-order valence-electron chi connectivity index (χ4n) is 1.24. The minimum absolute atomic E-state index is 1.01. The Kier molecular flexibility index (Phi) is 3.11. The van der Waals surface area contributed by atoms with Gasteiger partial charge in [0.1, 0.15) is 0 Å². The molecule has 0 radical (unpaired) electrons. The molecule has 0 bridgehead atoms. The monoisotopic (exact) mass is 283 g/mol. The molecule has 0 aromatic carbocycles. The molecule has 2 aromatic rings. The van der Waals surface area contributed by atoms with E-state index in [4.69, 9.17) is 0 Å². The van der Waals surface area contributed by atoms with E-state index in [1.807, 2.05) is 24.7 Å². The molecule has 0 saturated carbocycles. The summed E-state index contributed by atoms with van der Waals surface area (Å²) in [6.07, 6.45) is 3.59. The Morgan fingerprint density at radius 3 is 2.87 bits per heavy atom. The lowest BCUT2D eigenvalue weighted by atomic mass is 10.5. The number of aryl methyl sites for hydroxylation is 2. The van der Waals surface area contributed by atoms with Crippen LogP contribution in [0.5, 0.6) is 0 Å². The highest BCUT2D eigenvalue weighted by atomic mass is 79.9. The van der Waals surface area contributed by atoms with E-state index < -0.39 is 0 Å². The Morgan fingerprint density at radius 2 is 2.27 bits per heavy atom. The lowest BCUT2D eigenvalue weighted by molar-refractivity contribution is 0.692. The summed E-state index contributed by atoms with van der Waals surface area (Å²) in [6.45, 7) is 1.99. The molecule has 0 unspecified atom stereocenters. The normalized spacial score (nSPS) is 10.6. The van der Waals surface area contributed by atoms with Gasteiger partial charge < -0.3 is 0 Å². The maximum atomic E-state index is 4.30. The molecule has 2 heterocycles. The van der Waals surface area contributed by atoms with Gasteiger partial charge in [0.25, 0.3) is 0 Å². The summed E-state index contributed by atoms with van der Waals surface area (Å²) in [7, 11) is 1.95. The molecule has 0 aliphatic heterocycles. The fourth-order valence-corrected chi connectivity index (χ4v) is 2.64. The van der Waals surface area contributed by atoms with E-state index in [-0.39, 0.29) is 0 Å². The third kappa shape index (κ3) is 2.41. The standard InChI is InChI=1S/C10H10BrN3S/c1-7-5-10(14(2)13-7)15-9-3-4-12-6-8(9)11/h3-6H,1-2H3. The first kappa shape index (κ1) is 10.7. The lowest BCUT2D eigenvalue weighted by Crippen LogP contribution is -1.92. The number of pyridine rings is 1. The van der Waals surface area contributed by atoms with Crippen molar-refractivity contribution < 1.29 is 0 Å². The first-order valence-electron chi connectivity index (χ1n) is 4.45. The van der Waals surface area contributed by atoms with Gasteiger partial charge >= 0.3 is 0 Å². The van der Waals surface area contributed by atoms with Crippen LogP contribution in [0.15, 0.2) is 38.9 Å². The predicted octanol–water partition coefficient (Wildman–Crippen LogP) is 3.04. The molecule has 0 saturated heterocycles. The van der Waals surface area contributed by atoms with Crippen molar-refractivity contribution in [3.63, 3.8) is 0 Å².